The Labute approximate surface area is 127 Å². The number of fused-ring (bicyclic) bond motifs is 1. The van der Waals surface area contributed by atoms with E-state index in [1.807, 2.05) is 12.1 Å². The van der Waals surface area contributed by atoms with Crippen LogP contribution in [0, 0.1) is 0 Å². The van der Waals surface area contributed by atoms with Crippen LogP contribution >= 0.6 is 23.2 Å². The normalized spacial score (nSPS) is 13.9. The maximum atomic E-state index is 12.7. The number of benzene rings is 2. The summed E-state index contributed by atoms with van der Waals surface area (Å²) in [7, 11) is 0. The summed E-state index contributed by atoms with van der Waals surface area (Å²) in [6, 6.07) is 10.8. The maximum absolute atomic E-state index is 12.7. The topological polar surface area (TPSA) is 29.1 Å². The second kappa shape index (κ2) is 5.57. The molecule has 0 bridgehead atoms. The smallest absolute Gasteiger partial charge is 0.194 e. The van der Waals surface area contributed by atoms with Gasteiger partial charge in [0.25, 0.3) is 0 Å². The van der Waals surface area contributed by atoms with Gasteiger partial charge in [0.2, 0.25) is 0 Å². The molecule has 2 nitrogen and oxygen atoms in total. The third kappa shape index (κ3) is 2.47. The molecule has 0 fully saturated rings. The summed E-state index contributed by atoms with van der Waals surface area (Å²) in [5.41, 5.74) is 3.49. The molecule has 0 aromatic heterocycles. The number of hydrogen-bond acceptors (Lipinski definition) is 2. The average molecular weight is 306 g/mol. The Kier molecular flexibility index (Phi) is 3.79. The molecule has 0 amide bonds. The number of halogens is 2. The number of rotatable bonds is 2. The van der Waals surface area contributed by atoms with E-state index in [2.05, 4.69) is 11.4 Å². The fourth-order valence-corrected chi connectivity index (χ4v) is 2.94. The van der Waals surface area contributed by atoms with Crippen molar-refractivity contribution in [3.05, 3.63) is 68.7 Å². The lowest BCUT2D eigenvalue weighted by Gasteiger charge is -2.20. The molecular weight excluding hydrogens is 293 g/mol. The molecule has 0 aliphatic carbocycles. The van der Waals surface area contributed by atoms with Gasteiger partial charge in [0.1, 0.15) is 0 Å². The monoisotopic (exact) mass is 305 g/mol. The van der Waals surface area contributed by atoms with Crippen LogP contribution in [0.15, 0.2) is 36.4 Å². The Hall–Kier alpha value is -1.35. The molecule has 1 N–H and O–H groups in total. The van der Waals surface area contributed by atoms with Crippen LogP contribution in [0.4, 0.5) is 0 Å². The summed E-state index contributed by atoms with van der Waals surface area (Å²) in [5.74, 6) is -0.0590. The lowest BCUT2D eigenvalue weighted by molar-refractivity contribution is 0.103. The fraction of sp³-hybridized carbons (Fsp3) is 0.188. The minimum atomic E-state index is -0.0590. The molecule has 0 radical (unpaired) electrons. The highest BCUT2D eigenvalue weighted by molar-refractivity contribution is 6.36. The van der Waals surface area contributed by atoms with E-state index in [9.17, 15) is 4.79 Å². The van der Waals surface area contributed by atoms with Gasteiger partial charge in [-0.15, -0.1) is 0 Å². The molecule has 1 heterocycles. The zero-order chi connectivity index (χ0) is 14.1. The van der Waals surface area contributed by atoms with Crippen molar-refractivity contribution in [1.82, 2.24) is 5.32 Å². The Morgan fingerprint density at radius 2 is 1.95 bits per heavy atom. The number of carbonyl (C=O) groups is 1. The molecule has 4 heteroatoms. The van der Waals surface area contributed by atoms with Gasteiger partial charge in [0.05, 0.1) is 5.02 Å². The molecule has 0 unspecified atom stereocenters. The molecule has 2 aromatic rings. The van der Waals surface area contributed by atoms with Crippen molar-refractivity contribution in [2.24, 2.45) is 0 Å². The summed E-state index contributed by atoms with van der Waals surface area (Å²) < 4.78 is 0. The van der Waals surface area contributed by atoms with Crippen LogP contribution in [-0.2, 0) is 13.0 Å². The van der Waals surface area contributed by atoms with Gasteiger partial charge in [-0.3, -0.25) is 4.79 Å². The second-order valence-corrected chi connectivity index (χ2v) is 5.67. The highest BCUT2D eigenvalue weighted by atomic mass is 35.5. The number of ketones is 1. The number of carbonyl (C=O) groups excluding carboxylic acids is 1. The largest absolute Gasteiger partial charge is 0.312 e. The van der Waals surface area contributed by atoms with Crippen molar-refractivity contribution >= 4 is 29.0 Å². The van der Waals surface area contributed by atoms with Gasteiger partial charge >= 0.3 is 0 Å². The summed E-state index contributed by atoms with van der Waals surface area (Å²) in [4.78, 5) is 12.7. The van der Waals surface area contributed by atoms with E-state index < -0.39 is 0 Å². The first kappa shape index (κ1) is 13.6. The zero-order valence-electron chi connectivity index (χ0n) is 10.7. The van der Waals surface area contributed by atoms with E-state index in [4.69, 9.17) is 23.2 Å². The summed E-state index contributed by atoms with van der Waals surface area (Å²) >= 11 is 12.1. The Balaban J connectivity index is 2.09. The van der Waals surface area contributed by atoms with Gasteiger partial charge in [-0.25, -0.2) is 0 Å². The average Bonchev–Trinajstić information content (AvgIpc) is 2.48. The van der Waals surface area contributed by atoms with Crippen LogP contribution in [-0.4, -0.2) is 12.3 Å². The SMILES string of the molecule is O=C(c1cc(Cl)ccc1Cl)c1cccc2c1CCNC2. The van der Waals surface area contributed by atoms with E-state index in [1.54, 1.807) is 18.2 Å². The van der Waals surface area contributed by atoms with E-state index >= 15 is 0 Å². The molecule has 0 saturated heterocycles. The first-order valence-electron chi connectivity index (χ1n) is 6.48. The minimum Gasteiger partial charge on any atom is -0.312 e. The highest BCUT2D eigenvalue weighted by Crippen LogP contribution is 2.26. The Bertz CT molecular complexity index is 682. The quantitative estimate of drug-likeness (QED) is 0.853. The molecule has 20 heavy (non-hydrogen) atoms. The molecule has 3 rings (SSSR count). The van der Waals surface area contributed by atoms with Crippen LogP contribution in [0.25, 0.3) is 0 Å². The van der Waals surface area contributed by atoms with Crippen molar-refractivity contribution < 1.29 is 4.79 Å². The van der Waals surface area contributed by atoms with E-state index in [1.165, 1.54) is 5.56 Å². The lowest BCUT2D eigenvalue weighted by Crippen LogP contribution is -2.25. The van der Waals surface area contributed by atoms with Crippen molar-refractivity contribution in [2.45, 2.75) is 13.0 Å². The van der Waals surface area contributed by atoms with Crippen LogP contribution in [0.3, 0.4) is 0 Å². The van der Waals surface area contributed by atoms with Gasteiger partial charge in [0, 0.05) is 22.7 Å². The van der Waals surface area contributed by atoms with Crippen LogP contribution in [0.1, 0.15) is 27.0 Å². The molecule has 102 valence electrons. The molecule has 1 aliphatic heterocycles. The van der Waals surface area contributed by atoms with Gasteiger partial charge in [-0.1, -0.05) is 41.4 Å². The van der Waals surface area contributed by atoms with Gasteiger partial charge in [-0.05, 0) is 42.3 Å². The maximum Gasteiger partial charge on any atom is 0.194 e. The van der Waals surface area contributed by atoms with E-state index in [-0.39, 0.29) is 5.78 Å². The van der Waals surface area contributed by atoms with Crippen molar-refractivity contribution in [2.75, 3.05) is 6.54 Å². The van der Waals surface area contributed by atoms with Gasteiger partial charge in [0.15, 0.2) is 5.78 Å². The number of nitrogens with one attached hydrogen (secondary N) is 1. The van der Waals surface area contributed by atoms with E-state index in [0.717, 1.165) is 30.6 Å². The predicted molar refractivity (Wildman–Crippen MR) is 81.7 cm³/mol. The first-order valence-corrected chi connectivity index (χ1v) is 7.23. The standard InChI is InChI=1S/C16H13Cl2NO/c17-11-4-5-15(18)14(8-11)16(20)13-3-1-2-10-9-19-7-6-12(10)13/h1-5,8,19H,6-7,9H2. The molecule has 2 aromatic carbocycles. The summed E-state index contributed by atoms with van der Waals surface area (Å²) in [6.07, 6.45) is 0.857. The molecule has 1 aliphatic rings. The van der Waals surface area contributed by atoms with Crippen LogP contribution < -0.4 is 5.32 Å². The van der Waals surface area contributed by atoms with Crippen molar-refractivity contribution in [3.63, 3.8) is 0 Å². The Morgan fingerprint density at radius 3 is 2.80 bits per heavy atom. The first-order chi connectivity index (χ1) is 9.66. The predicted octanol–water partition coefficient (Wildman–Crippen LogP) is 3.87. The summed E-state index contributed by atoms with van der Waals surface area (Å²) in [5, 5.41) is 4.26. The molecule has 0 saturated carbocycles. The van der Waals surface area contributed by atoms with Crippen molar-refractivity contribution in [3.8, 4) is 0 Å². The highest BCUT2D eigenvalue weighted by Gasteiger charge is 2.20. The lowest BCUT2D eigenvalue weighted by atomic mass is 9.91. The second-order valence-electron chi connectivity index (χ2n) is 4.82. The van der Waals surface area contributed by atoms with Crippen molar-refractivity contribution in [1.29, 1.82) is 0 Å². The van der Waals surface area contributed by atoms with Crippen LogP contribution in [0.5, 0.6) is 0 Å². The third-order valence-electron chi connectivity index (χ3n) is 3.56. The molecule has 0 spiro atoms. The number of hydrogen-bond donors (Lipinski definition) is 1. The summed E-state index contributed by atoms with van der Waals surface area (Å²) in [6.45, 7) is 1.69. The zero-order valence-corrected chi connectivity index (χ0v) is 12.3. The van der Waals surface area contributed by atoms with Gasteiger partial charge in [-0.2, -0.15) is 0 Å². The third-order valence-corrected chi connectivity index (χ3v) is 4.12. The minimum absolute atomic E-state index is 0.0590. The Morgan fingerprint density at radius 1 is 1.10 bits per heavy atom. The van der Waals surface area contributed by atoms with E-state index in [0.29, 0.717) is 15.6 Å². The molecule has 0 atom stereocenters. The van der Waals surface area contributed by atoms with Gasteiger partial charge < -0.3 is 5.32 Å². The fourth-order valence-electron chi connectivity index (χ4n) is 2.56. The molecular formula is C16H13Cl2NO. The van der Waals surface area contributed by atoms with Crippen LogP contribution in [0.2, 0.25) is 10.0 Å².